The summed E-state index contributed by atoms with van der Waals surface area (Å²) >= 11 is 0. The number of carbonyl (C=O) groups is 1. The predicted octanol–water partition coefficient (Wildman–Crippen LogP) is 2.00. The van der Waals surface area contributed by atoms with Crippen LogP contribution in [0.1, 0.15) is 28.5 Å². The molecule has 0 bridgehead atoms. The smallest absolute Gasteiger partial charge is 0.358 e. The van der Waals surface area contributed by atoms with Crippen molar-refractivity contribution in [3.8, 4) is 0 Å². The molecule has 8 heteroatoms. The van der Waals surface area contributed by atoms with Crippen molar-refractivity contribution in [1.82, 2.24) is 10.2 Å². The summed E-state index contributed by atoms with van der Waals surface area (Å²) in [4.78, 5) is 11.5. The van der Waals surface area contributed by atoms with E-state index in [-0.39, 0.29) is 17.3 Å². The van der Waals surface area contributed by atoms with Gasteiger partial charge in [-0.25, -0.2) is 4.79 Å². The van der Waals surface area contributed by atoms with Gasteiger partial charge in [0, 0.05) is 6.07 Å². The van der Waals surface area contributed by atoms with Gasteiger partial charge in [-0.3, -0.25) is 9.82 Å². The molecule has 1 aromatic heterocycles. The van der Waals surface area contributed by atoms with Gasteiger partial charge in [-0.1, -0.05) is 18.2 Å². The summed E-state index contributed by atoms with van der Waals surface area (Å²) in [5.74, 6) is -0.674. The molecule has 0 atom stereocenters. The molecule has 0 radical (unpaired) electrons. The van der Waals surface area contributed by atoms with E-state index < -0.39 is 16.0 Å². The Morgan fingerprint density at radius 3 is 2.55 bits per heavy atom. The fraction of sp³-hybridized carbons (Fsp3) is 0.286. The van der Waals surface area contributed by atoms with Gasteiger partial charge in [0.2, 0.25) is 0 Å². The first-order valence-electron chi connectivity index (χ1n) is 6.66. The van der Waals surface area contributed by atoms with Crippen molar-refractivity contribution < 1.29 is 17.9 Å². The van der Waals surface area contributed by atoms with Gasteiger partial charge in [0.25, 0.3) is 10.0 Å². The molecule has 2 rings (SSSR count). The molecule has 0 saturated carbocycles. The molecule has 0 amide bonds. The minimum atomic E-state index is -3.86. The third kappa shape index (κ3) is 3.28. The summed E-state index contributed by atoms with van der Waals surface area (Å²) in [5.41, 5.74) is 2.03. The van der Waals surface area contributed by atoms with Crippen LogP contribution >= 0.6 is 0 Å². The number of nitrogens with one attached hydrogen (secondary N) is 2. The van der Waals surface area contributed by atoms with E-state index in [1.54, 1.807) is 6.92 Å². The number of sulfonamides is 1. The number of H-pyrrole nitrogens is 1. The van der Waals surface area contributed by atoms with E-state index >= 15 is 0 Å². The maximum atomic E-state index is 12.4. The van der Waals surface area contributed by atoms with E-state index in [4.69, 9.17) is 4.74 Å². The summed E-state index contributed by atoms with van der Waals surface area (Å²) in [6, 6.07) is 6.61. The molecular weight excluding hydrogens is 306 g/mol. The zero-order valence-corrected chi connectivity index (χ0v) is 13.3. The number of aromatic amines is 1. The van der Waals surface area contributed by atoms with Crippen molar-refractivity contribution in [3.63, 3.8) is 0 Å². The van der Waals surface area contributed by atoms with Gasteiger partial charge in [-0.15, -0.1) is 0 Å². The fourth-order valence-corrected chi connectivity index (χ4v) is 3.05. The number of hydrogen-bond acceptors (Lipinski definition) is 5. The van der Waals surface area contributed by atoms with E-state index in [1.165, 1.54) is 0 Å². The Morgan fingerprint density at radius 2 is 1.95 bits per heavy atom. The molecule has 0 unspecified atom stereocenters. The third-order valence-corrected chi connectivity index (χ3v) is 4.31. The number of aromatic nitrogens is 2. The van der Waals surface area contributed by atoms with Gasteiger partial charge in [0.05, 0.1) is 12.3 Å². The van der Waals surface area contributed by atoms with E-state index in [9.17, 15) is 13.2 Å². The summed E-state index contributed by atoms with van der Waals surface area (Å²) in [6.45, 7) is 5.46. The van der Waals surface area contributed by atoms with E-state index in [1.807, 2.05) is 32.0 Å². The summed E-state index contributed by atoms with van der Waals surface area (Å²) in [7, 11) is -3.86. The molecule has 0 aliphatic heterocycles. The van der Waals surface area contributed by atoms with E-state index in [0.29, 0.717) is 5.69 Å². The number of carbonyl (C=O) groups excluding carboxylic acids is 1. The van der Waals surface area contributed by atoms with Gasteiger partial charge < -0.3 is 4.74 Å². The summed E-state index contributed by atoms with van der Waals surface area (Å²) in [5, 5.41) is 5.82. The highest BCUT2D eigenvalue weighted by molar-refractivity contribution is 7.92. The van der Waals surface area contributed by atoms with Crippen LogP contribution in [-0.2, 0) is 14.8 Å². The number of para-hydroxylation sites is 1. The fourth-order valence-electron chi connectivity index (χ4n) is 1.92. The van der Waals surface area contributed by atoms with Crippen molar-refractivity contribution in [1.29, 1.82) is 0 Å². The Kier molecular flexibility index (Phi) is 4.51. The number of benzene rings is 1. The molecule has 1 aromatic carbocycles. The van der Waals surface area contributed by atoms with Gasteiger partial charge in [-0.2, -0.15) is 13.5 Å². The minimum absolute atomic E-state index is 0.0799. The summed E-state index contributed by atoms with van der Waals surface area (Å²) in [6.07, 6.45) is 0. The largest absolute Gasteiger partial charge is 0.461 e. The highest BCUT2D eigenvalue weighted by Gasteiger charge is 2.21. The summed E-state index contributed by atoms with van der Waals surface area (Å²) < 4.78 is 32.0. The topological polar surface area (TPSA) is 101 Å². The van der Waals surface area contributed by atoms with Gasteiger partial charge >= 0.3 is 5.97 Å². The van der Waals surface area contributed by atoms with Crippen LogP contribution in [0.2, 0.25) is 0 Å². The highest BCUT2D eigenvalue weighted by Crippen LogP contribution is 2.23. The molecule has 118 valence electrons. The van der Waals surface area contributed by atoms with Crippen LogP contribution in [0.25, 0.3) is 0 Å². The monoisotopic (exact) mass is 323 g/mol. The minimum Gasteiger partial charge on any atom is -0.461 e. The number of aryl methyl sites for hydroxylation is 2. The predicted molar refractivity (Wildman–Crippen MR) is 81.3 cm³/mol. The van der Waals surface area contributed by atoms with Crippen molar-refractivity contribution in [3.05, 3.63) is 41.1 Å². The quantitative estimate of drug-likeness (QED) is 0.820. The molecule has 22 heavy (non-hydrogen) atoms. The van der Waals surface area contributed by atoms with Crippen LogP contribution in [0.5, 0.6) is 0 Å². The number of anilines is 1. The molecule has 7 nitrogen and oxygen atoms in total. The molecule has 1 heterocycles. The second-order valence-corrected chi connectivity index (χ2v) is 6.36. The standard InChI is InChI=1S/C14H17N3O4S/c1-4-21-14(18)11-8-12(16-15-11)22(19,20)17-13-9(2)6-5-7-10(13)3/h5-8,17H,4H2,1-3H3,(H,15,16). The van der Waals surface area contributed by atoms with Crippen LogP contribution in [0, 0.1) is 13.8 Å². The van der Waals surface area contributed by atoms with Crippen molar-refractivity contribution in [2.24, 2.45) is 0 Å². The zero-order chi connectivity index (χ0) is 16.3. The first-order chi connectivity index (χ1) is 10.3. The number of hydrogen-bond donors (Lipinski definition) is 2. The average Bonchev–Trinajstić information content (AvgIpc) is 2.94. The molecule has 0 aliphatic rings. The van der Waals surface area contributed by atoms with Crippen molar-refractivity contribution >= 4 is 21.7 Å². The first-order valence-corrected chi connectivity index (χ1v) is 8.15. The number of ether oxygens (including phenoxy) is 1. The Bertz CT molecular complexity index is 776. The lowest BCUT2D eigenvalue weighted by atomic mass is 10.1. The van der Waals surface area contributed by atoms with Crippen LogP contribution in [0.3, 0.4) is 0 Å². The molecule has 2 N–H and O–H groups in total. The van der Waals surface area contributed by atoms with Crippen LogP contribution in [-0.4, -0.2) is 31.2 Å². The van der Waals surface area contributed by atoms with Crippen LogP contribution in [0.15, 0.2) is 29.3 Å². The SMILES string of the molecule is CCOC(=O)c1cc(S(=O)(=O)Nc2c(C)cccc2C)[nH]n1. The lowest BCUT2D eigenvalue weighted by Gasteiger charge is -2.11. The third-order valence-electron chi connectivity index (χ3n) is 3.05. The number of nitrogens with zero attached hydrogens (tertiary/aromatic N) is 1. The van der Waals surface area contributed by atoms with Gasteiger partial charge in [-0.05, 0) is 31.9 Å². The number of esters is 1. The Morgan fingerprint density at radius 1 is 1.32 bits per heavy atom. The van der Waals surface area contributed by atoms with E-state index in [0.717, 1.165) is 17.2 Å². The molecule has 0 fully saturated rings. The first kappa shape index (κ1) is 16.0. The Labute approximate surface area is 128 Å². The zero-order valence-electron chi connectivity index (χ0n) is 12.5. The van der Waals surface area contributed by atoms with Gasteiger partial charge in [0.15, 0.2) is 10.7 Å². The average molecular weight is 323 g/mol. The van der Waals surface area contributed by atoms with Crippen LogP contribution < -0.4 is 4.72 Å². The van der Waals surface area contributed by atoms with Gasteiger partial charge in [0.1, 0.15) is 0 Å². The van der Waals surface area contributed by atoms with Crippen LogP contribution in [0.4, 0.5) is 5.69 Å². The van der Waals surface area contributed by atoms with E-state index in [2.05, 4.69) is 14.9 Å². The molecule has 0 aliphatic carbocycles. The molecular formula is C14H17N3O4S. The molecule has 0 spiro atoms. The molecule has 0 saturated heterocycles. The Balaban J connectivity index is 2.30. The van der Waals surface area contributed by atoms with Crippen molar-refractivity contribution in [2.75, 3.05) is 11.3 Å². The second kappa shape index (κ2) is 6.18. The maximum Gasteiger partial charge on any atom is 0.358 e. The Hall–Kier alpha value is -2.35. The lowest BCUT2D eigenvalue weighted by molar-refractivity contribution is 0.0519. The highest BCUT2D eigenvalue weighted by atomic mass is 32.2. The normalized spacial score (nSPS) is 11.2. The molecule has 2 aromatic rings. The number of rotatable bonds is 5. The second-order valence-electron chi connectivity index (χ2n) is 4.71. The van der Waals surface area contributed by atoms with Crippen molar-refractivity contribution in [2.45, 2.75) is 25.8 Å². The lowest BCUT2D eigenvalue weighted by Crippen LogP contribution is -2.15. The maximum absolute atomic E-state index is 12.4.